The fraction of sp³-hybridized carbons (Fsp3) is 0.500. The first-order chi connectivity index (χ1) is 12.2. The van der Waals surface area contributed by atoms with E-state index in [1.165, 1.54) is 12.8 Å². The number of carbonyl (C=O) groups excluding carboxylic acids is 1. The van der Waals surface area contributed by atoms with Crippen LogP contribution in [-0.4, -0.2) is 33.6 Å². The molecule has 2 N–H and O–H groups in total. The van der Waals surface area contributed by atoms with Crippen LogP contribution in [0.15, 0.2) is 36.5 Å². The molecular weight excluding hydrogens is 332 g/mol. The van der Waals surface area contributed by atoms with Crippen molar-refractivity contribution in [3.8, 4) is 0 Å². The molecule has 2 aliphatic carbocycles. The van der Waals surface area contributed by atoms with Crippen molar-refractivity contribution in [3.63, 3.8) is 0 Å². The van der Waals surface area contributed by atoms with Crippen molar-refractivity contribution in [2.75, 3.05) is 11.5 Å². The number of pyridine rings is 1. The van der Waals surface area contributed by atoms with Gasteiger partial charge in [0.05, 0.1) is 23.4 Å². The van der Waals surface area contributed by atoms with E-state index in [0.717, 1.165) is 41.0 Å². The number of nitrogens with one attached hydrogen (secondary N) is 1. The largest absolute Gasteiger partial charge is 0.393 e. The molecule has 2 fully saturated rings. The topological polar surface area (TPSA) is 62.2 Å². The minimum absolute atomic E-state index is 0.0606. The zero-order valence-electron chi connectivity index (χ0n) is 14.2. The van der Waals surface area contributed by atoms with Gasteiger partial charge in [-0.05, 0) is 61.0 Å². The third-order valence-corrected chi connectivity index (χ3v) is 6.37. The van der Waals surface area contributed by atoms with Crippen molar-refractivity contribution in [1.29, 1.82) is 0 Å². The number of hydrogen-bond donors (Lipinski definition) is 2. The van der Waals surface area contributed by atoms with E-state index in [1.54, 1.807) is 11.8 Å². The number of aliphatic hydroxyl groups is 1. The lowest BCUT2D eigenvalue weighted by Gasteiger charge is -2.38. The molecule has 0 bridgehead atoms. The minimum Gasteiger partial charge on any atom is -0.393 e. The van der Waals surface area contributed by atoms with E-state index >= 15 is 0 Å². The lowest BCUT2D eigenvalue weighted by atomic mass is 9.75. The van der Waals surface area contributed by atoms with Crippen LogP contribution in [0.3, 0.4) is 0 Å². The number of benzene rings is 1. The third kappa shape index (κ3) is 4.15. The molecule has 1 aromatic carbocycles. The van der Waals surface area contributed by atoms with E-state index < -0.39 is 0 Å². The molecule has 1 aromatic heterocycles. The second-order valence-corrected chi connectivity index (χ2v) is 8.38. The fourth-order valence-corrected chi connectivity index (χ4v) is 4.50. The van der Waals surface area contributed by atoms with Crippen LogP contribution in [0.4, 0.5) is 0 Å². The molecule has 0 spiro atoms. The van der Waals surface area contributed by atoms with Crippen LogP contribution in [0.2, 0.25) is 0 Å². The second-order valence-electron chi connectivity index (χ2n) is 7.35. The SMILES string of the molecule is O=C(CSCC1CC1)N[C@@H](c1cnc2ccccc2c1)C1CC(O)C1. The maximum atomic E-state index is 12.4. The average Bonchev–Trinajstić information content (AvgIpc) is 3.41. The standard InChI is InChI=1S/C20H24N2O2S/c23-17-8-15(9-17)20(22-19(24)12-25-11-13-5-6-13)16-7-14-3-1-2-4-18(14)21-10-16/h1-4,7,10,13,15,17,20,23H,5-6,8-9,11-12H2,(H,22,24)/t15?,17?,20-/m1/s1. The fourth-order valence-electron chi connectivity index (χ4n) is 3.45. The second kappa shape index (κ2) is 7.34. The Balaban J connectivity index is 1.47. The molecule has 1 atom stereocenters. The van der Waals surface area contributed by atoms with Gasteiger partial charge in [0.25, 0.3) is 0 Å². The smallest absolute Gasteiger partial charge is 0.230 e. The van der Waals surface area contributed by atoms with Crippen LogP contribution in [-0.2, 0) is 4.79 Å². The Bertz CT molecular complexity index is 756. The number of nitrogens with zero attached hydrogens (tertiary/aromatic N) is 1. The number of aliphatic hydroxyl groups excluding tert-OH is 1. The first-order valence-corrected chi connectivity index (χ1v) is 10.2. The molecule has 2 aromatic rings. The Morgan fingerprint density at radius 3 is 2.88 bits per heavy atom. The number of thioether (sulfide) groups is 1. The Hall–Kier alpha value is -1.59. The van der Waals surface area contributed by atoms with Gasteiger partial charge in [-0.3, -0.25) is 9.78 Å². The van der Waals surface area contributed by atoms with E-state index in [4.69, 9.17) is 0 Å². The number of fused-ring (bicyclic) bond motifs is 1. The van der Waals surface area contributed by atoms with E-state index in [-0.39, 0.29) is 24.0 Å². The Kier molecular flexibility index (Phi) is 4.95. The summed E-state index contributed by atoms with van der Waals surface area (Å²) in [6, 6.07) is 10.1. The van der Waals surface area contributed by atoms with E-state index in [2.05, 4.69) is 16.4 Å². The molecule has 132 valence electrons. The average molecular weight is 356 g/mol. The number of hydrogen-bond acceptors (Lipinski definition) is 4. The highest BCUT2D eigenvalue weighted by atomic mass is 32.2. The van der Waals surface area contributed by atoms with Crippen molar-refractivity contribution in [2.45, 2.75) is 37.8 Å². The van der Waals surface area contributed by atoms with Crippen molar-refractivity contribution < 1.29 is 9.90 Å². The molecular formula is C20H24N2O2S. The number of aromatic nitrogens is 1. The van der Waals surface area contributed by atoms with E-state index in [0.29, 0.717) is 5.75 Å². The van der Waals surface area contributed by atoms with E-state index in [1.807, 2.05) is 30.5 Å². The predicted molar refractivity (Wildman–Crippen MR) is 101 cm³/mol. The Morgan fingerprint density at radius 1 is 1.32 bits per heavy atom. The van der Waals surface area contributed by atoms with Gasteiger partial charge in [0, 0.05) is 11.6 Å². The van der Waals surface area contributed by atoms with Crippen molar-refractivity contribution in [3.05, 3.63) is 42.1 Å². The van der Waals surface area contributed by atoms with Gasteiger partial charge < -0.3 is 10.4 Å². The van der Waals surface area contributed by atoms with Gasteiger partial charge in [0.2, 0.25) is 5.91 Å². The van der Waals surface area contributed by atoms with Crippen molar-refractivity contribution in [1.82, 2.24) is 10.3 Å². The molecule has 0 unspecified atom stereocenters. The van der Waals surface area contributed by atoms with Gasteiger partial charge in [-0.15, -0.1) is 0 Å². The highest BCUT2D eigenvalue weighted by Gasteiger charge is 2.36. The number of rotatable bonds is 7. The summed E-state index contributed by atoms with van der Waals surface area (Å²) in [6.07, 6.45) is 5.76. The van der Waals surface area contributed by atoms with Gasteiger partial charge in [-0.2, -0.15) is 11.8 Å². The molecule has 0 saturated heterocycles. The van der Waals surface area contributed by atoms with Gasteiger partial charge in [-0.25, -0.2) is 0 Å². The van der Waals surface area contributed by atoms with E-state index in [9.17, 15) is 9.90 Å². The monoisotopic (exact) mass is 356 g/mol. The molecule has 2 aliphatic rings. The molecule has 4 rings (SSSR count). The molecule has 1 heterocycles. The lowest BCUT2D eigenvalue weighted by molar-refractivity contribution is -0.120. The molecule has 5 heteroatoms. The first-order valence-electron chi connectivity index (χ1n) is 9.09. The molecule has 1 amide bonds. The number of amides is 1. The van der Waals surface area contributed by atoms with Crippen LogP contribution >= 0.6 is 11.8 Å². The van der Waals surface area contributed by atoms with Crippen LogP contribution < -0.4 is 5.32 Å². The molecule has 2 saturated carbocycles. The quantitative estimate of drug-likeness (QED) is 0.799. The number of carbonyl (C=O) groups is 1. The van der Waals surface area contributed by atoms with Crippen LogP contribution in [0, 0.1) is 11.8 Å². The summed E-state index contributed by atoms with van der Waals surface area (Å²) in [5, 5.41) is 14.0. The van der Waals surface area contributed by atoms with Gasteiger partial charge in [0.1, 0.15) is 0 Å². The van der Waals surface area contributed by atoms with Crippen LogP contribution in [0.1, 0.15) is 37.3 Å². The van der Waals surface area contributed by atoms with Gasteiger partial charge >= 0.3 is 0 Å². The maximum Gasteiger partial charge on any atom is 0.230 e. The number of para-hydroxylation sites is 1. The highest BCUT2D eigenvalue weighted by molar-refractivity contribution is 7.99. The minimum atomic E-state index is -0.234. The summed E-state index contributed by atoms with van der Waals surface area (Å²) in [5.74, 6) is 2.82. The summed E-state index contributed by atoms with van der Waals surface area (Å²) in [6.45, 7) is 0. The van der Waals surface area contributed by atoms with Crippen molar-refractivity contribution in [2.24, 2.45) is 11.8 Å². The van der Waals surface area contributed by atoms with Crippen molar-refractivity contribution >= 4 is 28.6 Å². The first kappa shape index (κ1) is 16.9. The Labute approximate surface area is 152 Å². The molecule has 0 radical (unpaired) electrons. The predicted octanol–water partition coefficient (Wildman–Crippen LogP) is 3.31. The van der Waals surface area contributed by atoms with Gasteiger partial charge in [-0.1, -0.05) is 18.2 Å². The Morgan fingerprint density at radius 2 is 2.12 bits per heavy atom. The van der Waals surface area contributed by atoms with Crippen LogP contribution in [0.25, 0.3) is 10.9 Å². The maximum absolute atomic E-state index is 12.4. The lowest BCUT2D eigenvalue weighted by Crippen LogP contribution is -2.42. The molecule has 25 heavy (non-hydrogen) atoms. The highest BCUT2D eigenvalue weighted by Crippen LogP contribution is 2.38. The van der Waals surface area contributed by atoms with Crippen LogP contribution in [0.5, 0.6) is 0 Å². The molecule has 0 aliphatic heterocycles. The summed E-state index contributed by atoms with van der Waals surface area (Å²) in [4.78, 5) is 16.9. The zero-order valence-corrected chi connectivity index (χ0v) is 15.0. The van der Waals surface area contributed by atoms with Gasteiger partial charge in [0.15, 0.2) is 0 Å². The molecule has 4 nitrogen and oxygen atoms in total. The summed E-state index contributed by atoms with van der Waals surface area (Å²) in [7, 11) is 0. The normalized spacial score (nSPS) is 23.9. The zero-order chi connectivity index (χ0) is 17.2. The summed E-state index contributed by atoms with van der Waals surface area (Å²) < 4.78 is 0. The summed E-state index contributed by atoms with van der Waals surface area (Å²) in [5.41, 5.74) is 2.00. The summed E-state index contributed by atoms with van der Waals surface area (Å²) >= 11 is 1.73. The third-order valence-electron chi connectivity index (χ3n) is 5.19.